The summed E-state index contributed by atoms with van der Waals surface area (Å²) in [7, 11) is 0. The van der Waals surface area contributed by atoms with Gasteiger partial charge in [0.1, 0.15) is 5.92 Å². The van der Waals surface area contributed by atoms with Gasteiger partial charge in [0, 0.05) is 44.4 Å². The summed E-state index contributed by atoms with van der Waals surface area (Å²) in [5.74, 6) is -0.569. The summed E-state index contributed by atoms with van der Waals surface area (Å²) in [6.07, 6.45) is 3.91. The molecule has 1 atom stereocenters. The molecule has 3 rings (SSSR count). The third-order valence-corrected chi connectivity index (χ3v) is 4.63. The summed E-state index contributed by atoms with van der Waals surface area (Å²) < 4.78 is 0. The Balaban J connectivity index is 1.54. The minimum absolute atomic E-state index is 0.0410. The van der Waals surface area contributed by atoms with Crippen LogP contribution in [0.2, 0.25) is 0 Å². The van der Waals surface area contributed by atoms with E-state index in [-0.39, 0.29) is 17.5 Å². The molecule has 2 aliphatic rings. The van der Waals surface area contributed by atoms with Gasteiger partial charge in [-0.05, 0) is 31.9 Å². The fraction of sp³-hybridized carbons (Fsp3) is 0.444. The molecule has 142 valence electrons. The van der Waals surface area contributed by atoms with Crippen molar-refractivity contribution in [1.82, 2.24) is 4.90 Å². The van der Waals surface area contributed by atoms with Crippen molar-refractivity contribution in [3.05, 3.63) is 34.4 Å². The van der Waals surface area contributed by atoms with E-state index >= 15 is 0 Å². The number of nitrogens with zero attached hydrogens (tertiary/aromatic N) is 5. The van der Waals surface area contributed by atoms with Gasteiger partial charge < -0.3 is 4.90 Å². The summed E-state index contributed by atoms with van der Waals surface area (Å²) >= 11 is 0. The summed E-state index contributed by atoms with van der Waals surface area (Å²) in [6, 6.07) is 5.68. The van der Waals surface area contributed by atoms with Crippen LogP contribution in [0.4, 0.5) is 11.4 Å². The first-order valence-corrected chi connectivity index (χ1v) is 8.88. The lowest BCUT2D eigenvalue weighted by molar-refractivity contribution is -0.384. The number of nitro benzene ring substituents is 1. The standard InChI is InChI=1S/C18H21N5O4/c1-13-16(12-19-9-3-11-21-10-2-4-17(21)24)18(25)22(20-13)14-5-7-15(8-6-14)23(26)27/h5-8,12,16H,2-4,9-11H2,1H3/t16-/m0/s1. The number of carbonyl (C=O) groups is 2. The Hall–Kier alpha value is -3.10. The maximum Gasteiger partial charge on any atom is 0.269 e. The van der Waals surface area contributed by atoms with Crippen LogP contribution in [0.3, 0.4) is 0 Å². The molecule has 9 heteroatoms. The second-order valence-corrected chi connectivity index (χ2v) is 6.54. The molecular weight excluding hydrogens is 350 g/mol. The van der Waals surface area contributed by atoms with Gasteiger partial charge in [-0.1, -0.05) is 0 Å². The van der Waals surface area contributed by atoms with E-state index in [1.54, 1.807) is 13.1 Å². The Morgan fingerprint density at radius 1 is 1.33 bits per heavy atom. The lowest BCUT2D eigenvalue weighted by Gasteiger charge is -2.14. The number of nitro groups is 1. The highest BCUT2D eigenvalue weighted by atomic mass is 16.6. The monoisotopic (exact) mass is 371 g/mol. The van der Waals surface area contributed by atoms with E-state index in [1.807, 2.05) is 4.90 Å². The number of likely N-dealkylation sites (tertiary alicyclic amines) is 1. The number of non-ortho nitro benzene ring substituents is 1. The fourth-order valence-corrected chi connectivity index (χ4v) is 3.13. The molecule has 27 heavy (non-hydrogen) atoms. The highest BCUT2D eigenvalue weighted by molar-refractivity contribution is 6.23. The van der Waals surface area contributed by atoms with Crippen molar-refractivity contribution in [2.45, 2.75) is 26.2 Å². The van der Waals surface area contributed by atoms with Crippen LogP contribution in [0.1, 0.15) is 26.2 Å². The largest absolute Gasteiger partial charge is 0.343 e. The molecule has 2 amide bonds. The van der Waals surface area contributed by atoms with E-state index < -0.39 is 10.8 Å². The van der Waals surface area contributed by atoms with E-state index in [0.29, 0.717) is 30.9 Å². The number of aliphatic imine (C=N–C) groups is 1. The van der Waals surface area contributed by atoms with Crippen LogP contribution in [0, 0.1) is 16.0 Å². The normalized spacial score (nSPS) is 20.0. The van der Waals surface area contributed by atoms with Crippen LogP contribution in [-0.2, 0) is 9.59 Å². The van der Waals surface area contributed by atoms with Gasteiger partial charge in [-0.15, -0.1) is 0 Å². The molecular formula is C18H21N5O4. The molecule has 0 unspecified atom stereocenters. The van der Waals surface area contributed by atoms with Gasteiger partial charge in [0.15, 0.2) is 0 Å². The topological polar surface area (TPSA) is 108 Å². The predicted octanol–water partition coefficient (Wildman–Crippen LogP) is 2.02. The van der Waals surface area contributed by atoms with Crippen molar-refractivity contribution in [2.75, 3.05) is 24.6 Å². The highest BCUT2D eigenvalue weighted by Gasteiger charge is 2.33. The maximum absolute atomic E-state index is 12.6. The number of hydrazone groups is 1. The summed E-state index contributed by atoms with van der Waals surface area (Å²) in [4.78, 5) is 40.5. The maximum atomic E-state index is 12.6. The average Bonchev–Trinajstić information content (AvgIpc) is 3.18. The quantitative estimate of drug-likeness (QED) is 0.316. The molecule has 0 N–H and O–H groups in total. The summed E-state index contributed by atoms with van der Waals surface area (Å²) in [6.45, 7) is 3.80. The zero-order valence-corrected chi connectivity index (χ0v) is 15.1. The zero-order valence-electron chi connectivity index (χ0n) is 15.1. The Labute approximate surface area is 156 Å². The predicted molar refractivity (Wildman–Crippen MR) is 101 cm³/mol. The Kier molecular flexibility index (Phi) is 5.58. The third kappa shape index (κ3) is 4.18. The Morgan fingerprint density at radius 3 is 2.70 bits per heavy atom. The number of anilines is 1. The molecule has 1 fully saturated rings. The number of hydrogen-bond acceptors (Lipinski definition) is 6. The van der Waals surface area contributed by atoms with Crippen molar-refractivity contribution in [1.29, 1.82) is 0 Å². The van der Waals surface area contributed by atoms with Gasteiger partial charge in [0.25, 0.3) is 11.6 Å². The van der Waals surface area contributed by atoms with E-state index in [1.165, 1.54) is 29.3 Å². The molecule has 2 heterocycles. The van der Waals surface area contributed by atoms with Gasteiger partial charge in [-0.25, -0.2) is 0 Å². The second kappa shape index (κ2) is 8.07. The molecule has 0 aromatic heterocycles. The van der Waals surface area contributed by atoms with Crippen LogP contribution >= 0.6 is 0 Å². The number of amides is 2. The van der Waals surface area contributed by atoms with Gasteiger partial charge in [-0.3, -0.25) is 24.7 Å². The number of rotatable bonds is 7. The first kappa shape index (κ1) is 18.7. The van der Waals surface area contributed by atoms with Crippen LogP contribution in [0.5, 0.6) is 0 Å². The van der Waals surface area contributed by atoms with E-state index in [4.69, 9.17) is 0 Å². The molecule has 0 radical (unpaired) electrons. The molecule has 2 aliphatic heterocycles. The molecule has 1 aromatic carbocycles. The zero-order chi connectivity index (χ0) is 19.4. The highest BCUT2D eigenvalue weighted by Crippen LogP contribution is 2.25. The first-order valence-electron chi connectivity index (χ1n) is 8.88. The van der Waals surface area contributed by atoms with Crippen LogP contribution < -0.4 is 5.01 Å². The van der Waals surface area contributed by atoms with Crippen molar-refractivity contribution >= 4 is 35.1 Å². The molecule has 0 saturated carbocycles. The minimum atomic E-state index is -0.534. The van der Waals surface area contributed by atoms with Crippen LogP contribution in [-0.4, -0.2) is 53.2 Å². The molecule has 0 aliphatic carbocycles. The number of hydrogen-bond donors (Lipinski definition) is 0. The molecule has 0 spiro atoms. The molecule has 1 aromatic rings. The van der Waals surface area contributed by atoms with Crippen molar-refractivity contribution in [3.63, 3.8) is 0 Å². The van der Waals surface area contributed by atoms with Gasteiger partial charge in [0.2, 0.25) is 5.91 Å². The first-order chi connectivity index (χ1) is 13.0. The SMILES string of the molecule is CC1=NN(c2ccc([N+](=O)[O-])cc2)C(=O)[C@H]1C=NCCCN1CCCC1=O. The summed E-state index contributed by atoms with van der Waals surface area (Å²) in [5.41, 5.74) is 1.06. The van der Waals surface area contributed by atoms with E-state index in [9.17, 15) is 19.7 Å². The van der Waals surface area contributed by atoms with Crippen LogP contribution in [0.25, 0.3) is 0 Å². The molecule has 1 saturated heterocycles. The Bertz CT molecular complexity index is 802. The molecule has 9 nitrogen and oxygen atoms in total. The van der Waals surface area contributed by atoms with Crippen LogP contribution in [0.15, 0.2) is 34.4 Å². The van der Waals surface area contributed by atoms with Gasteiger partial charge >= 0.3 is 0 Å². The number of benzene rings is 1. The lowest BCUT2D eigenvalue weighted by atomic mass is 10.1. The van der Waals surface area contributed by atoms with E-state index in [2.05, 4.69) is 10.1 Å². The van der Waals surface area contributed by atoms with Crippen molar-refractivity contribution < 1.29 is 14.5 Å². The molecule has 0 bridgehead atoms. The number of carbonyl (C=O) groups excluding carboxylic acids is 2. The van der Waals surface area contributed by atoms with E-state index in [0.717, 1.165) is 19.4 Å². The minimum Gasteiger partial charge on any atom is -0.343 e. The second-order valence-electron chi connectivity index (χ2n) is 6.54. The van der Waals surface area contributed by atoms with Crippen molar-refractivity contribution in [3.8, 4) is 0 Å². The Morgan fingerprint density at radius 2 is 2.07 bits per heavy atom. The third-order valence-electron chi connectivity index (χ3n) is 4.63. The van der Waals surface area contributed by atoms with Crippen molar-refractivity contribution in [2.24, 2.45) is 16.0 Å². The lowest BCUT2D eigenvalue weighted by Crippen LogP contribution is -2.28. The fourth-order valence-electron chi connectivity index (χ4n) is 3.13. The van der Waals surface area contributed by atoms with Gasteiger partial charge in [0.05, 0.1) is 16.3 Å². The van der Waals surface area contributed by atoms with Gasteiger partial charge in [-0.2, -0.15) is 10.1 Å². The average molecular weight is 371 g/mol. The summed E-state index contributed by atoms with van der Waals surface area (Å²) in [5, 5.41) is 16.2. The smallest absolute Gasteiger partial charge is 0.269 e.